The van der Waals surface area contributed by atoms with Crippen molar-refractivity contribution >= 4 is 23.2 Å². The highest BCUT2D eigenvalue weighted by Gasteiger charge is 2.15. The van der Waals surface area contributed by atoms with Crippen molar-refractivity contribution in [3.05, 3.63) is 59.7 Å². The van der Waals surface area contributed by atoms with Crippen molar-refractivity contribution in [2.24, 2.45) is 0 Å². The van der Waals surface area contributed by atoms with Gasteiger partial charge in [-0.3, -0.25) is 9.59 Å². The van der Waals surface area contributed by atoms with E-state index >= 15 is 0 Å². The molecule has 2 N–H and O–H groups in total. The summed E-state index contributed by atoms with van der Waals surface area (Å²) in [5.74, 6) is -0.358. The van der Waals surface area contributed by atoms with Gasteiger partial charge in [0.1, 0.15) is 0 Å². The molecule has 0 aromatic heterocycles. The predicted octanol–water partition coefficient (Wildman–Crippen LogP) is 3.92. The van der Waals surface area contributed by atoms with Gasteiger partial charge in [-0.05, 0) is 70.2 Å². The molecule has 0 spiro atoms. The second-order valence-corrected chi connectivity index (χ2v) is 7.30. The zero-order valence-corrected chi connectivity index (χ0v) is 16.1. The Morgan fingerprint density at radius 3 is 2.08 bits per heavy atom. The quantitative estimate of drug-likeness (QED) is 0.856. The van der Waals surface area contributed by atoms with Crippen molar-refractivity contribution < 1.29 is 9.59 Å². The van der Waals surface area contributed by atoms with Crippen LogP contribution in [0.4, 0.5) is 11.4 Å². The average Bonchev–Trinajstić information content (AvgIpc) is 2.60. The molecular weight excluding hydrogens is 326 g/mol. The van der Waals surface area contributed by atoms with Crippen LogP contribution in [0.5, 0.6) is 0 Å². The van der Waals surface area contributed by atoms with Crippen LogP contribution in [0.3, 0.4) is 0 Å². The SMILES string of the molecule is CCN(C)c1cccc(NC(=O)c2ccc(C(=O)NC(C)(C)C)cc2)c1. The van der Waals surface area contributed by atoms with E-state index in [2.05, 4.69) is 22.5 Å². The Morgan fingerprint density at radius 2 is 1.54 bits per heavy atom. The molecule has 26 heavy (non-hydrogen) atoms. The first-order chi connectivity index (χ1) is 12.2. The van der Waals surface area contributed by atoms with Gasteiger partial charge in [-0.2, -0.15) is 0 Å². The molecule has 0 saturated carbocycles. The van der Waals surface area contributed by atoms with Crippen molar-refractivity contribution in [2.75, 3.05) is 23.8 Å². The number of nitrogens with one attached hydrogen (secondary N) is 2. The highest BCUT2D eigenvalue weighted by atomic mass is 16.2. The number of hydrogen-bond donors (Lipinski definition) is 2. The third kappa shape index (κ3) is 5.34. The molecule has 2 aromatic carbocycles. The van der Waals surface area contributed by atoms with Crippen molar-refractivity contribution in [3.8, 4) is 0 Å². The number of carbonyl (C=O) groups is 2. The molecule has 0 fully saturated rings. The van der Waals surface area contributed by atoms with Gasteiger partial charge >= 0.3 is 0 Å². The summed E-state index contributed by atoms with van der Waals surface area (Å²) in [6.45, 7) is 8.74. The molecule has 2 rings (SSSR count). The summed E-state index contributed by atoms with van der Waals surface area (Å²) < 4.78 is 0. The average molecular weight is 353 g/mol. The van der Waals surface area contributed by atoms with Crippen LogP contribution in [0.25, 0.3) is 0 Å². The predicted molar refractivity (Wildman–Crippen MR) is 107 cm³/mol. The number of carbonyl (C=O) groups excluding carboxylic acids is 2. The molecule has 2 aromatic rings. The fourth-order valence-corrected chi connectivity index (χ4v) is 2.39. The van der Waals surface area contributed by atoms with Gasteiger partial charge in [0, 0.05) is 41.6 Å². The van der Waals surface area contributed by atoms with Crippen LogP contribution < -0.4 is 15.5 Å². The molecular formula is C21H27N3O2. The summed E-state index contributed by atoms with van der Waals surface area (Å²) in [7, 11) is 2.00. The number of anilines is 2. The molecule has 5 nitrogen and oxygen atoms in total. The Balaban J connectivity index is 2.08. The van der Waals surface area contributed by atoms with Crippen molar-refractivity contribution in [1.82, 2.24) is 5.32 Å². The van der Waals surface area contributed by atoms with Crippen LogP contribution in [0, 0.1) is 0 Å². The first kappa shape index (κ1) is 19.5. The Morgan fingerprint density at radius 1 is 0.962 bits per heavy atom. The maximum atomic E-state index is 12.4. The Labute approximate surface area is 155 Å². The van der Waals surface area contributed by atoms with Gasteiger partial charge in [0.2, 0.25) is 0 Å². The summed E-state index contributed by atoms with van der Waals surface area (Å²) in [6, 6.07) is 14.4. The largest absolute Gasteiger partial charge is 0.375 e. The number of hydrogen-bond acceptors (Lipinski definition) is 3. The van der Waals surface area contributed by atoms with Crippen LogP contribution in [0.2, 0.25) is 0 Å². The molecule has 0 bridgehead atoms. The highest BCUT2D eigenvalue weighted by molar-refractivity contribution is 6.05. The molecule has 0 saturated heterocycles. The fourth-order valence-electron chi connectivity index (χ4n) is 2.39. The molecule has 0 radical (unpaired) electrons. The maximum absolute atomic E-state index is 12.4. The smallest absolute Gasteiger partial charge is 0.255 e. The Kier molecular flexibility index (Phi) is 6.03. The highest BCUT2D eigenvalue weighted by Crippen LogP contribution is 2.19. The number of amides is 2. The van der Waals surface area contributed by atoms with E-state index in [1.54, 1.807) is 24.3 Å². The van der Waals surface area contributed by atoms with Gasteiger partial charge in [0.05, 0.1) is 0 Å². The minimum Gasteiger partial charge on any atom is -0.375 e. The van der Waals surface area contributed by atoms with Gasteiger partial charge < -0.3 is 15.5 Å². The Bertz CT molecular complexity index is 777. The van der Waals surface area contributed by atoms with E-state index in [1.807, 2.05) is 52.1 Å². The fraction of sp³-hybridized carbons (Fsp3) is 0.333. The summed E-state index contributed by atoms with van der Waals surface area (Å²) in [4.78, 5) is 26.7. The molecule has 0 aliphatic rings. The van der Waals surface area contributed by atoms with E-state index in [0.29, 0.717) is 11.1 Å². The van der Waals surface area contributed by atoms with Gasteiger partial charge in [-0.1, -0.05) is 6.07 Å². The lowest BCUT2D eigenvalue weighted by molar-refractivity contribution is 0.0918. The summed E-state index contributed by atoms with van der Waals surface area (Å²) >= 11 is 0. The number of nitrogens with zero attached hydrogens (tertiary/aromatic N) is 1. The third-order valence-corrected chi connectivity index (χ3v) is 3.92. The summed E-state index contributed by atoms with van der Waals surface area (Å²) in [5, 5.41) is 5.80. The lowest BCUT2D eigenvalue weighted by Crippen LogP contribution is -2.40. The lowest BCUT2D eigenvalue weighted by Gasteiger charge is -2.20. The number of rotatable bonds is 5. The minimum atomic E-state index is -0.302. The zero-order valence-electron chi connectivity index (χ0n) is 16.1. The second kappa shape index (κ2) is 8.04. The van der Waals surface area contributed by atoms with Crippen LogP contribution in [-0.4, -0.2) is 30.9 Å². The molecule has 0 unspecified atom stereocenters. The number of benzene rings is 2. The normalized spacial score (nSPS) is 11.0. The molecule has 0 atom stereocenters. The van der Waals surface area contributed by atoms with Crippen molar-refractivity contribution in [2.45, 2.75) is 33.2 Å². The van der Waals surface area contributed by atoms with Crippen LogP contribution >= 0.6 is 0 Å². The standard InChI is InChI=1S/C21H27N3O2/c1-6-24(5)18-9-7-8-17(14-18)22-19(25)15-10-12-16(13-11-15)20(26)23-21(2,3)4/h7-14H,6H2,1-5H3,(H,22,25)(H,23,26). The van der Waals surface area contributed by atoms with Crippen molar-refractivity contribution in [1.29, 1.82) is 0 Å². The van der Waals surface area contributed by atoms with Gasteiger partial charge in [0.25, 0.3) is 11.8 Å². The molecule has 0 aliphatic carbocycles. The van der Waals surface area contributed by atoms with E-state index in [-0.39, 0.29) is 17.4 Å². The Hall–Kier alpha value is -2.82. The summed E-state index contributed by atoms with van der Waals surface area (Å²) in [5.41, 5.74) is 2.51. The van der Waals surface area contributed by atoms with Gasteiger partial charge in [-0.15, -0.1) is 0 Å². The molecule has 0 heterocycles. The van der Waals surface area contributed by atoms with E-state index in [9.17, 15) is 9.59 Å². The summed E-state index contributed by atoms with van der Waals surface area (Å²) in [6.07, 6.45) is 0. The molecule has 2 amide bonds. The second-order valence-electron chi connectivity index (χ2n) is 7.30. The van der Waals surface area contributed by atoms with E-state index < -0.39 is 0 Å². The van der Waals surface area contributed by atoms with E-state index in [0.717, 1.165) is 17.9 Å². The maximum Gasteiger partial charge on any atom is 0.255 e. The topological polar surface area (TPSA) is 61.4 Å². The molecule has 0 aliphatic heterocycles. The van der Waals surface area contributed by atoms with E-state index in [1.165, 1.54) is 0 Å². The van der Waals surface area contributed by atoms with Crippen LogP contribution in [-0.2, 0) is 0 Å². The first-order valence-electron chi connectivity index (χ1n) is 8.75. The van der Waals surface area contributed by atoms with Crippen molar-refractivity contribution in [3.63, 3.8) is 0 Å². The third-order valence-electron chi connectivity index (χ3n) is 3.92. The zero-order chi connectivity index (χ0) is 19.3. The van der Waals surface area contributed by atoms with E-state index in [4.69, 9.17) is 0 Å². The first-order valence-corrected chi connectivity index (χ1v) is 8.75. The monoisotopic (exact) mass is 353 g/mol. The van der Waals surface area contributed by atoms with Gasteiger partial charge in [0.15, 0.2) is 0 Å². The lowest BCUT2D eigenvalue weighted by atomic mass is 10.1. The van der Waals surface area contributed by atoms with Gasteiger partial charge in [-0.25, -0.2) is 0 Å². The molecule has 5 heteroatoms. The minimum absolute atomic E-state index is 0.153. The van der Waals surface area contributed by atoms with Crippen LogP contribution in [0.15, 0.2) is 48.5 Å². The molecule has 138 valence electrons. The van der Waals surface area contributed by atoms with Crippen LogP contribution in [0.1, 0.15) is 48.4 Å².